The van der Waals surface area contributed by atoms with Crippen molar-refractivity contribution in [2.45, 2.75) is 71.5 Å². The van der Waals surface area contributed by atoms with Crippen molar-refractivity contribution in [1.29, 1.82) is 0 Å². The topological polar surface area (TPSA) is 15.3 Å². The molecule has 1 aliphatic carbocycles. The van der Waals surface area contributed by atoms with Gasteiger partial charge in [-0.3, -0.25) is 4.90 Å². The fourth-order valence-corrected chi connectivity index (χ4v) is 3.87. The van der Waals surface area contributed by atoms with E-state index in [0.29, 0.717) is 6.04 Å². The summed E-state index contributed by atoms with van der Waals surface area (Å²) in [6, 6.07) is 1.52. The van der Waals surface area contributed by atoms with Crippen molar-refractivity contribution in [2.75, 3.05) is 13.1 Å². The summed E-state index contributed by atoms with van der Waals surface area (Å²) in [5, 5.41) is 3.66. The van der Waals surface area contributed by atoms with Crippen LogP contribution in [-0.2, 0) is 0 Å². The normalized spacial score (nSPS) is 43.6. The van der Waals surface area contributed by atoms with Gasteiger partial charge < -0.3 is 5.32 Å². The molecule has 0 radical (unpaired) electrons. The molecular weight excluding hydrogens is 208 g/mol. The first kappa shape index (κ1) is 13.4. The van der Waals surface area contributed by atoms with Gasteiger partial charge in [0.25, 0.3) is 0 Å². The second-order valence-corrected chi connectivity index (χ2v) is 7.36. The molecule has 2 aliphatic rings. The van der Waals surface area contributed by atoms with Crippen LogP contribution in [0.4, 0.5) is 0 Å². The van der Waals surface area contributed by atoms with Crippen LogP contribution in [0.15, 0.2) is 0 Å². The fraction of sp³-hybridized carbons (Fsp3) is 1.00. The third-order valence-corrected chi connectivity index (χ3v) is 4.64. The fourth-order valence-electron chi connectivity index (χ4n) is 3.87. The summed E-state index contributed by atoms with van der Waals surface area (Å²) in [6.07, 6.45) is 4.25. The minimum Gasteiger partial charge on any atom is -0.309 e. The molecule has 2 rings (SSSR count). The van der Waals surface area contributed by atoms with Crippen molar-refractivity contribution in [3.63, 3.8) is 0 Å². The third kappa shape index (κ3) is 3.23. The standard InChI is InChI=1S/C15H30N2/c1-11-6-12(2)8-14(7-11)17-10-15(4,5)16-9-13(17)3/h11-14,16H,6-10H2,1-5H3. The van der Waals surface area contributed by atoms with E-state index in [2.05, 4.69) is 44.8 Å². The predicted molar refractivity (Wildman–Crippen MR) is 74.2 cm³/mol. The highest BCUT2D eigenvalue weighted by Crippen LogP contribution is 2.33. The van der Waals surface area contributed by atoms with Crippen molar-refractivity contribution in [3.8, 4) is 0 Å². The molecule has 0 aromatic heterocycles. The average molecular weight is 238 g/mol. The molecule has 3 atom stereocenters. The lowest BCUT2D eigenvalue weighted by molar-refractivity contribution is 0.0258. The predicted octanol–water partition coefficient (Wildman–Crippen LogP) is 2.88. The molecule has 0 bridgehead atoms. The molecule has 1 saturated carbocycles. The molecule has 0 aromatic rings. The first-order valence-corrected chi connectivity index (χ1v) is 7.38. The van der Waals surface area contributed by atoms with Gasteiger partial charge in [-0.05, 0) is 51.9 Å². The minimum absolute atomic E-state index is 0.288. The highest BCUT2D eigenvalue weighted by Gasteiger charge is 2.36. The van der Waals surface area contributed by atoms with Crippen LogP contribution in [0.3, 0.4) is 0 Å². The Hall–Kier alpha value is -0.0800. The zero-order chi connectivity index (χ0) is 12.6. The number of nitrogens with one attached hydrogen (secondary N) is 1. The van der Waals surface area contributed by atoms with Gasteiger partial charge in [0.2, 0.25) is 0 Å². The van der Waals surface area contributed by atoms with Gasteiger partial charge in [0, 0.05) is 30.7 Å². The summed E-state index contributed by atoms with van der Waals surface area (Å²) >= 11 is 0. The molecule has 2 fully saturated rings. The van der Waals surface area contributed by atoms with E-state index in [1.54, 1.807) is 0 Å². The molecule has 1 saturated heterocycles. The van der Waals surface area contributed by atoms with Crippen LogP contribution < -0.4 is 5.32 Å². The molecule has 17 heavy (non-hydrogen) atoms. The van der Waals surface area contributed by atoms with Crippen LogP contribution in [-0.4, -0.2) is 35.6 Å². The maximum absolute atomic E-state index is 3.66. The zero-order valence-corrected chi connectivity index (χ0v) is 12.3. The van der Waals surface area contributed by atoms with Crippen LogP contribution in [0.5, 0.6) is 0 Å². The lowest BCUT2D eigenvalue weighted by Crippen LogP contribution is -2.63. The van der Waals surface area contributed by atoms with E-state index in [1.165, 1.54) is 25.8 Å². The zero-order valence-electron chi connectivity index (χ0n) is 12.3. The molecule has 1 aliphatic heterocycles. The number of hydrogen-bond donors (Lipinski definition) is 1. The maximum Gasteiger partial charge on any atom is 0.0253 e. The Kier molecular flexibility index (Phi) is 3.84. The molecule has 0 spiro atoms. The molecule has 3 unspecified atom stereocenters. The Morgan fingerprint density at radius 1 is 1.00 bits per heavy atom. The quantitative estimate of drug-likeness (QED) is 0.755. The smallest absolute Gasteiger partial charge is 0.0253 e. The number of hydrogen-bond acceptors (Lipinski definition) is 2. The Balaban J connectivity index is 2.04. The maximum atomic E-state index is 3.66. The molecule has 2 heteroatoms. The van der Waals surface area contributed by atoms with Crippen LogP contribution >= 0.6 is 0 Å². The Morgan fingerprint density at radius 2 is 1.59 bits per heavy atom. The van der Waals surface area contributed by atoms with Crippen molar-refractivity contribution in [2.24, 2.45) is 11.8 Å². The molecule has 1 heterocycles. The van der Waals surface area contributed by atoms with Crippen LogP contribution in [0.1, 0.15) is 53.9 Å². The Morgan fingerprint density at radius 3 is 2.18 bits per heavy atom. The lowest BCUT2D eigenvalue weighted by atomic mass is 9.78. The molecule has 2 nitrogen and oxygen atoms in total. The summed E-state index contributed by atoms with van der Waals surface area (Å²) in [7, 11) is 0. The van der Waals surface area contributed by atoms with Crippen LogP contribution in [0, 0.1) is 11.8 Å². The summed E-state index contributed by atoms with van der Waals surface area (Å²) in [5.41, 5.74) is 0.288. The molecule has 0 amide bonds. The van der Waals surface area contributed by atoms with Gasteiger partial charge in [-0.1, -0.05) is 13.8 Å². The van der Waals surface area contributed by atoms with Gasteiger partial charge in [-0.15, -0.1) is 0 Å². The summed E-state index contributed by atoms with van der Waals surface area (Å²) in [6.45, 7) is 14.3. The first-order valence-electron chi connectivity index (χ1n) is 7.38. The number of rotatable bonds is 1. The van der Waals surface area contributed by atoms with Gasteiger partial charge in [0.15, 0.2) is 0 Å². The molecule has 1 N–H and O–H groups in total. The Labute approximate surface area is 107 Å². The second kappa shape index (κ2) is 4.89. The Bertz CT molecular complexity index is 252. The summed E-state index contributed by atoms with van der Waals surface area (Å²) < 4.78 is 0. The van der Waals surface area contributed by atoms with E-state index >= 15 is 0 Å². The monoisotopic (exact) mass is 238 g/mol. The van der Waals surface area contributed by atoms with E-state index < -0.39 is 0 Å². The lowest BCUT2D eigenvalue weighted by Gasteiger charge is -2.49. The van der Waals surface area contributed by atoms with Crippen LogP contribution in [0.2, 0.25) is 0 Å². The van der Waals surface area contributed by atoms with E-state index in [0.717, 1.165) is 24.4 Å². The van der Waals surface area contributed by atoms with Gasteiger partial charge in [-0.25, -0.2) is 0 Å². The van der Waals surface area contributed by atoms with Gasteiger partial charge in [-0.2, -0.15) is 0 Å². The molecule has 100 valence electrons. The molecular formula is C15H30N2. The van der Waals surface area contributed by atoms with Gasteiger partial charge >= 0.3 is 0 Å². The minimum atomic E-state index is 0.288. The van der Waals surface area contributed by atoms with Gasteiger partial charge in [0.05, 0.1) is 0 Å². The third-order valence-electron chi connectivity index (χ3n) is 4.64. The summed E-state index contributed by atoms with van der Waals surface area (Å²) in [5.74, 6) is 1.82. The molecule has 0 aromatic carbocycles. The highest BCUT2D eigenvalue weighted by molar-refractivity contribution is 4.95. The average Bonchev–Trinajstić information content (AvgIpc) is 2.20. The number of nitrogens with zero attached hydrogens (tertiary/aromatic N) is 1. The highest BCUT2D eigenvalue weighted by atomic mass is 15.3. The SMILES string of the molecule is CC1CC(C)CC(N2CC(C)(C)NCC2C)C1. The van der Waals surface area contributed by atoms with E-state index in [-0.39, 0.29) is 5.54 Å². The second-order valence-electron chi connectivity index (χ2n) is 7.36. The summed E-state index contributed by atoms with van der Waals surface area (Å²) in [4.78, 5) is 2.78. The first-order chi connectivity index (χ1) is 7.87. The number of piperazine rings is 1. The van der Waals surface area contributed by atoms with Crippen molar-refractivity contribution in [1.82, 2.24) is 10.2 Å². The van der Waals surface area contributed by atoms with Gasteiger partial charge in [0.1, 0.15) is 0 Å². The van der Waals surface area contributed by atoms with E-state index in [9.17, 15) is 0 Å². The largest absolute Gasteiger partial charge is 0.309 e. The van der Waals surface area contributed by atoms with E-state index in [1.807, 2.05) is 0 Å². The van der Waals surface area contributed by atoms with Crippen molar-refractivity contribution >= 4 is 0 Å². The van der Waals surface area contributed by atoms with E-state index in [4.69, 9.17) is 0 Å². The van der Waals surface area contributed by atoms with Crippen molar-refractivity contribution in [3.05, 3.63) is 0 Å². The van der Waals surface area contributed by atoms with Crippen LogP contribution in [0.25, 0.3) is 0 Å². The van der Waals surface area contributed by atoms with Crippen molar-refractivity contribution < 1.29 is 0 Å².